The second-order valence-corrected chi connectivity index (χ2v) is 5.63. The predicted octanol–water partition coefficient (Wildman–Crippen LogP) is 2.54. The molecule has 90 valence electrons. The topological polar surface area (TPSA) is 42.4 Å². The number of nitrogens with two attached hydrogens (primary N) is 1. The van der Waals surface area contributed by atoms with Gasteiger partial charge in [-0.05, 0) is 52.3 Å². The van der Waals surface area contributed by atoms with Crippen LogP contribution in [0, 0.1) is 0 Å². The van der Waals surface area contributed by atoms with Gasteiger partial charge in [0.05, 0.1) is 12.3 Å². The van der Waals surface area contributed by atoms with Crippen LogP contribution in [-0.2, 0) is 0 Å². The molecule has 2 heterocycles. The summed E-state index contributed by atoms with van der Waals surface area (Å²) in [5, 5.41) is 0. The molecule has 2 atom stereocenters. The largest absolute Gasteiger partial charge is 0.468 e. The van der Waals surface area contributed by atoms with Crippen LogP contribution in [0.5, 0.6) is 0 Å². The fraction of sp³-hybridized carbons (Fsp3) is 0.692. The van der Waals surface area contributed by atoms with Crippen molar-refractivity contribution in [1.29, 1.82) is 0 Å². The molecule has 0 amide bonds. The molecule has 1 fully saturated rings. The third-order valence-corrected chi connectivity index (χ3v) is 3.37. The van der Waals surface area contributed by atoms with Crippen molar-refractivity contribution in [3.63, 3.8) is 0 Å². The van der Waals surface area contributed by atoms with E-state index in [0.717, 1.165) is 18.7 Å². The molecule has 0 saturated carbocycles. The smallest absolute Gasteiger partial charge is 0.122 e. The average molecular weight is 222 g/mol. The van der Waals surface area contributed by atoms with Crippen LogP contribution in [0.15, 0.2) is 22.8 Å². The highest BCUT2D eigenvalue weighted by molar-refractivity contribution is 5.10. The molecular formula is C13H22N2O. The van der Waals surface area contributed by atoms with Crippen molar-refractivity contribution < 1.29 is 4.42 Å². The second kappa shape index (κ2) is 4.22. The van der Waals surface area contributed by atoms with Crippen LogP contribution in [0.2, 0.25) is 0 Å². The van der Waals surface area contributed by atoms with E-state index in [9.17, 15) is 0 Å². The average Bonchev–Trinajstić information content (AvgIpc) is 2.68. The fourth-order valence-electron chi connectivity index (χ4n) is 2.60. The lowest BCUT2D eigenvalue weighted by Gasteiger charge is -2.46. The number of nitrogens with zero attached hydrogens (tertiary/aromatic N) is 1. The third-order valence-electron chi connectivity index (χ3n) is 3.37. The summed E-state index contributed by atoms with van der Waals surface area (Å²) in [6.07, 6.45) is 3.99. The number of rotatable bonds is 1. The minimum atomic E-state index is 0.134. The quantitative estimate of drug-likeness (QED) is 0.794. The molecule has 3 nitrogen and oxygen atoms in total. The summed E-state index contributed by atoms with van der Waals surface area (Å²) in [5.74, 6) is 1.00. The monoisotopic (exact) mass is 222 g/mol. The Balaban J connectivity index is 2.28. The van der Waals surface area contributed by atoms with Crippen LogP contribution in [-0.4, -0.2) is 23.0 Å². The molecule has 0 radical (unpaired) electrons. The van der Waals surface area contributed by atoms with E-state index >= 15 is 0 Å². The molecular weight excluding hydrogens is 200 g/mol. The third kappa shape index (κ3) is 2.15. The van der Waals surface area contributed by atoms with Gasteiger partial charge in [0.25, 0.3) is 0 Å². The molecule has 1 aromatic rings. The lowest BCUT2D eigenvalue weighted by atomic mass is 9.90. The van der Waals surface area contributed by atoms with Gasteiger partial charge in [-0.1, -0.05) is 0 Å². The van der Waals surface area contributed by atoms with Crippen LogP contribution < -0.4 is 5.73 Å². The van der Waals surface area contributed by atoms with E-state index in [1.165, 1.54) is 6.42 Å². The molecule has 0 spiro atoms. The molecule has 2 N–H and O–H groups in total. The fourth-order valence-corrected chi connectivity index (χ4v) is 2.60. The summed E-state index contributed by atoms with van der Waals surface area (Å²) in [6, 6.07) is 4.38. The number of hydrogen-bond acceptors (Lipinski definition) is 3. The molecule has 2 rings (SSSR count). The van der Waals surface area contributed by atoms with E-state index in [0.29, 0.717) is 0 Å². The number of furan rings is 1. The molecule has 0 aliphatic carbocycles. The first-order valence-corrected chi connectivity index (χ1v) is 6.06. The van der Waals surface area contributed by atoms with Gasteiger partial charge in [0.1, 0.15) is 5.76 Å². The van der Waals surface area contributed by atoms with Crippen LogP contribution in [0.1, 0.15) is 45.4 Å². The van der Waals surface area contributed by atoms with Gasteiger partial charge in [0.15, 0.2) is 0 Å². The normalized spacial score (nSPS) is 28.2. The zero-order chi connectivity index (χ0) is 11.8. The van der Waals surface area contributed by atoms with Crippen molar-refractivity contribution in [2.24, 2.45) is 5.73 Å². The van der Waals surface area contributed by atoms with E-state index in [2.05, 4.69) is 25.7 Å². The van der Waals surface area contributed by atoms with Crippen molar-refractivity contribution in [3.05, 3.63) is 24.2 Å². The molecule has 1 saturated heterocycles. The van der Waals surface area contributed by atoms with Crippen molar-refractivity contribution in [3.8, 4) is 0 Å². The number of hydrogen-bond donors (Lipinski definition) is 1. The first-order chi connectivity index (χ1) is 7.50. The number of piperidine rings is 1. The highest BCUT2D eigenvalue weighted by Crippen LogP contribution is 2.35. The standard InChI is InChI=1S/C13H22N2O/c1-13(2,3)15-8-4-6-10(14)12(15)11-7-5-9-16-11/h5,7,9-10,12H,4,6,8,14H2,1-3H3. The van der Waals surface area contributed by atoms with Crippen LogP contribution >= 0.6 is 0 Å². The van der Waals surface area contributed by atoms with Gasteiger partial charge in [-0.15, -0.1) is 0 Å². The van der Waals surface area contributed by atoms with Gasteiger partial charge < -0.3 is 10.2 Å². The SMILES string of the molecule is CC(C)(C)N1CCCC(N)C1c1ccco1. The van der Waals surface area contributed by atoms with Crippen LogP contribution in [0.4, 0.5) is 0 Å². The number of likely N-dealkylation sites (tertiary alicyclic amines) is 1. The van der Waals surface area contributed by atoms with Gasteiger partial charge in [0.2, 0.25) is 0 Å². The minimum absolute atomic E-state index is 0.134. The van der Waals surface area contributed by atoms with Gasteiger partial charge in [-0.2, -0.15) is 0 Å². The highest BCUT2D eigenvalue weighted by atomic mass is 16.3. The van der Waals surface area contributed by atoms with Crippen LogP contribution in [0.25, 0.3) is 0 Å². The summed E-state index contributed by atoms with van der Waals surface area (Å²) in [4.78, 5) is 2.46. The van der Waals surface area contributed by atoms with Crippen LogP contribution in [0.3, 0.4) is 0 Å². The Labute approximate surface area is 97.6 Å². The Hall–Kier alpha value is -0.800. The van der Waals surface area contributed by atoms with Crippen molar-refractivity contribution in [2.75, 3.05) is 6.54 Å². The Morgan fingerprint density at radius 2 is 2.19 bits per heavy atom. The molecule has 2 unspecified atom stereocenters. The molecule has 1 aliphatic heterocycles. The van der Waals surface area contributed by atoms with Gasteiger partial charge >= 0.3 is 0 Å². The Kier molecular flexibility index (Phi) is 3.08. The zero-order valence-corrected chi connectivity index (χ0v) is 10.4. The zero-order valence-electron chi connectivity index (χ0n) is 10.4. The molecule has 3 heteroatoms. The van der Waals surface area contributed by atoms with Gasteiger partial charge in [-0.3, -0.25) is 4.90 Å². The minimum Gasteiger partial charge on any atom is -0.468 e. The summed E-state index contributed by atoms with van der Waals surface area (Å²) in [6.45, 7) is 7.81. The van der Waals surface area contributed by atoms with Crippen molar-refractivity contribution in [1.82, 2.24) is 4.90 Å². The maximum atomic E-state index is 6.26. The molecule has 16 heavy (non-hydrogen) atoms. The Morgan fingerprint density at radius 1 is 1.44 bits per heavy atom. The van der Waals surface area contributed by atoms with E-state index in [4.69, 9.17) is 10.2 Å². The van der Waals surface area contributed by atoms with E-state index in [1.54, 1.807) is 6.26 Å². The lowest BCUT2D eigenvalue weighted by Crippen LogP contribution is -2.53. The summed E-state index contributed by atoms with van der Waals surface area (Å²) in [7, 11) is 0. The van der Waals surface area contributed by atoms with Crippen molar-refractivity contribution in [2.45, 2.75) is 51.2 Å². The van der Waals surface area contributed by atoms with E-state index < -0.39 is 0 Å². The van der Waals surface area contributed by atoms with Gasteiger partial charge in [-0.25, -0.2) is 0 Å². The van der Waals surface area contributed by atoms with E-state index in [1.807, 2.05) is 12.1 Å². The molecule has 0 bridgehead atoms. The van der Waals surface area contributed by atoms with Gasteiger partial charge in [0, 0.05) is 11.6 Å². The molecule has 1 aromatic heterocycles. The Bertz CT molecular complexity index is 326. The predicted molar refractivity (Wildman–Crippen MR) is 65.1 cm³/mol. The molecule has 1 aliphatic rings. The summed E-state index contributed by atoms with van der Waals surface area (Å²) < 4.78 is 5.55. The van der Waals surface area contributed by atoms with E-state index in [-0.39, 0.29) is 17.6 Å². The highest BCUT2D eigenvalue weighted by Gasteiger charge is 2.37. The Morgan fingerprint density at radius 3 is 2.75 bits per heavy atom. The lowest BCUT2D eigenvalue weighted by molar-refractivity contribution is 0.0274. The maximum absolute atomic E-state index is 6.26. The first-order valence-electron chi connectivity index (χ1n) is 6.06. The summed E-state index contributed by atoms with van der Waals surface area (Å²) in [5.41, 5.74) is 6.39. The summed E-state index contributed by atoms with van der Waals surface area (Å²) >= 11 is 0. The first kappa shape index (κ1) is 11.7. The molecule has 0 aromatic carbocycles. The maximum Gasteiger partial charge on any atom is 0.122 e. The van der Waals surface area contributed by atoms with Crippen molar-refractivity contribution >= 4 is 0 Å². The second-order valence-electron chi connectivity index (χ2n) is 5.63.